The van der Waals surface area contributed by atoms with Gasteiger partial charge in [-0.05, 0) is 66.0 Å². The summed E-state index contributed by atoms with van der Waals surface area (Å²) in [5.41, 5.74) is 7.06. The van der Waals surface area contributed by atoms with Gasteiger partial charge < -0.3 is 25.1 Å². The Morgan fingerprint density at radius 3 is 1.66 bits per heavy atom. The van der Waals surface area contributed by atoms with Crippen LogP contribution in [0.1, 0.15) is 77.1 Å². The Bertz CT molecular complexity index is 1910. The number of rotatable bonds is 10. The number of nitrogens with one attached hydrogen (secondary N) is 3. The van der Waals surface area contributed by atoms with Crippen LogP contribution in [0.15, 0.2) is 85.5 Å². The molecule has 0 bridgehead atoms. The molecule has 50 heavy (non-hydrogen) atoms. The minimum atomic E-state index is -0.350. The van der Waals surface area contributed by atoms with Gasteiger partial charge in [0.25, 0.3) is 0 Å². The number of imidazole rings is 2. The Morgan fingerprint density at radius 1 is 0.700 bits per heavy atom. The summed E-state index contributed by atoms with van der Waals surface area (Å²) in [6.07, 6.45) is 11.0. The average molecular weight is 671 g/mol. The summed E-state index contributed by atoms with van der Waals surface area (Å²) in [5.74, 6) is 2.05. The van der Waals surface area contributed by atoms with Crippen LogP contribution in [0.2, 0.25) is 0 Å². The van der Waals surface area contributed by atoms with Crippen LogP contribution in [0, 0.1) is 11.8 Å². The van der Waals surface area contributed by atoms with Gasteiger partial charge in [-0.25, -0.2) is 9.97 Å². The van der Waals surface area contributed by atoms with Crippen molar-refractivity contribution in [3.8, 4) is 33.6 Å². The number of anilines is 1. The standard InChI is InChI=1S/C40H46N8O2/c1-25(2)36(44-31-8-5-19-41-22-31)40(50)48-21-7-10-35(48)38-43-24-33(46-38)30-17-13-28(14-18-30)27-11-15-29(16-12-27)32-23-42-37(45-32)34-9-6-20-47(34)39(49)26(3)4/h5,8,11-19,22-26,34-36,44H,6-7,9-10,20-21H2,1-4H3,(H,42,45)(H,43,46)/t34-,35-,36-/m0/s1. The van der Waals surface area contributed by atoms with Crippen molar-refractivity contribution >= 4 is 17.5 Å². The van der Waals surface area contributed by atoms with Crippen molar-refractivity contribution in [3.63, 3.8) is 0 Å². The van der Waals surface area contributed by atoms with Crippen molar-refractivity contribution in [3.05, 3.63) is 97.1 Å². The van der Waals surface area contributed by atoms with Gasteiger partial charge in [0.15, 0.2) is 0 Å². The lowest BCUT2D eigenvalue weighted by Gasteiger charge is -2.30. The summed E-state index contributed by atoms with van der Waals surface area (Å²) in [6.45, 7) is 9.54. The predicted octanol–water partition coefficient (Wildman–Crippen LogP) is 7.65. The number of H-pyrrole nitrogens is 2. The lowest BCUT2D eigenvalue weighted by Crippen LogP contribution is -2.45. The smallest absolute Gasteiger partial charge is 0.245 e. The highest BCUT2D eigenvalue weighted by Gasteiger charge is 2.37. The van der Waals surface area contributed by atoms with Crippen LogP contribution < -0.4 is 5.32 Å². The Kier molecular flexibility index (Phi) is 9.52. The zero-order chi connectivity index (χ0) is 34.8. The average Bonchev–Trinajstić information content (AvgIpc) is 3.97. The Hall–Kier alpha value is -5.25. The normalized spacial score (nSPS) is 18.3. The second kappa shape index (κ2) is 14.3. The fourth-order valence-electron chi connectivity index (χ4n) is 7.27. The van der Waals surface area contributed by atoms with Gasteiger partial charge in [-0.2, -0.15) is 0 Å². The first-order chi connectivity index (χ1) is 24.3. The van der Waals surface area contributed by atoms with E-state index in [0.29, 0.717) is 6.54 Å². The van der Waals surface area contributed by atoms with Crippen LogP contribution in [0.5, 0.6) is 0 Å². The summed E-state index contributed by atoms with van der Waals surface area (Å²) < 4.78 is 0. The minimum Gasteiger partial charge on any atom is -0.372 e. The molecule has 5 aromatic rings. The highest BCUT2D eigenvalue weighted by atomic mass is 16.2. The van der Waals surface area contributed by atoms with Gasteiger partial charge in [-0.1, -0.05) is 76.2 Å². The molecule has 0 spiro atoms. The van der Waals surface area contributed by atoms with Crippen LogP contribution in [0.25, 0.3) is 33.6 Å². The Labute approximate surface area is 293 Å². The van der Waals surface area contributed by atoms with E-state index in [0.717, 1.165) is 83.2 Å². The van der Waals surface area contributed by atoms with Crippen LogP contribution in [-0.2, 0) is 9.59 Å². The van der Waals surface area contributed by atoms with Gasteiger partial charge in [-0.3, -0.25) is 14.6 Å². The van der Waals surface area contributed by atoms with Gasteiger partial charge in [0.2, 0.25) is 11.8 Å². The molecule has 258 valence electrons. The number of aromatic amines is 2. The van der Waals surface area contributed by atoms with Gasteiger partial charge in [0.05, 0.1) is 41.6 Å². The minimum absolute atomic E-state index is 0.0133. The van der Waals surface area contributed by atoms with E-state index in [1.807, 2.05) is 48.2 Å². The van der Waals surface area contributed by atoms with Gasteiger partial charge in [0.1, 0.15) is 17.7 Å². The second-order valence-electron chi connectivity index (χ2n) is 14.2. The molecule has 3 N–H and O–H groups in total. The third kappa shape index (κ3) is 6.79. The van der Waals surface area contributed by atoms with E-state index in [9.17, 15) is 9.59 Å². The van der Waals surface area contributed by atoms with Crippen molar-refractivity contribution in [2.24, 2.45) is 11.8 Å². The van der Waals surface area contributed by atoms with Crippen molar-refractivity contribution in [2.45, 2.75) is 71.5 Å². The van der Waals surface area contributed by atoms with E-state index >= 15 is 0 Å². The van der Waals surface area contributed by atoms with E-state index in [-0.39, 0.29) is 41.8 Å². The highest BCUT2D eigenvalue weighted by molar-refractivity contribution is 5.85. The third-order valence-corrected chi connectivity index (χ3v) is 10.0. The molecule has 2 aliphatic heterocycles. The molecule has 10 nitrogen and oxygen atoms in total. The molecule has 2 fully saturated rings. The van der Waals surface area contributed by atoms with E-state index in [2.05, 4.69) is 87.6 Å². The molecule has 3 aromatic heterocycles. The zero-order valence-corrected chi connectivity index (χ0v) is 29.3. The number of carbonyl (C=O) groups is 2. The number of likely N-dealkylation sites (tertiary alicyclic amines) is 2. The molecule has 0 aliphatic carbocycles. The quantitative estimate of drug-likeness (QED) is 0.140. The number of pyridine rings is 1. The van der Waals surface area contributed by atoms with E-state index in [1.54, 1.807) is 12.4 Å². The number of carbonyl (C=O) groups excluding carboxylic acids is 2. The van der Waals surface area contributed by atoms with Gasteiger partial charge in [-0.15, -0.1) is 0 Å². The molecule has 7 rings (SSSR count). The van der Waals surface area contributed by atoms with Crippen LogP contribution >= 0.6 is 0 Å². The fraction of sp³-hybridized carbons (Fsp3) is 0.375. The van der Waals surface area contributed by atoms with Gasteiger partial charge >= 0.3 is 0 Å². The first-order valence-electron chi connectivity index (χ1n) is 17.9. The molecule has 0 radical (unpaired) electrons. The summed E-state index contributed by atoms with van der Waals surface area (Å²) in [6, 6.07) is 20.3. The molecule has 5 heterocycles. The molecule has 2 saturated heterocycles. The number of aromatic nitrogens is 5. The molecule has 0 saturated carbocycles. The zero-order valence-electron chi connectivity index (χ0n) is 29.3. The first kappa shape index (κ1) is 33.3. The summed E-state index contributed by atoms with van der Waals surface area (Å²) in [5, 5.41) is 3.41. The summed E-state index contributed by atoms with van der Waals surface area (Å²) in [4.78, 5) is 51.1. The molecular formula is C40H46N8O2. The predicted molar refractivity (Wildman–Crippen MR) is 196 cm³/mol. The second-order valence-corrected chi connectivity index (χ2v) is 14.2. The number of nitrogens with zero attached hydrogens (tertiary/aromatic N) is 5. The summed E-state index contributed by atoms with van der Waals surface area (Å²) in [7, 11) is 0. The fourth-order valence-corrected chi connectivity index (χ4v) is 7.27. The maximum atomic E-state index is 13.8. The maximum Gasteiger partial charge on any atom is 0.245 e. The molecule has 0 unspecified atom stereocenters. The first-order valence-corrected chi connectivity index (χ1v) is 17.9. The van der Waals surface area contributed by atoms with Crippen molar-refractivity contribution in [2.75, 3.05) is 18.4 Å². The molecule has 2 amide bonds. The SMILES string of the molecule is CC(C)C(=O)N1CCC[C@H]1c1ncc(-c2ccc(-c3ccc(-c4cnc([C@@H]5CCCN5C(=O)[C@@H](Nc5cccnc5)C(C)C)[nH]4)cc3)cc2)[nH]1. The van der Waals surface area contributed by atoms with Crippen LogP contribution in [0.3, 0.4) is 0 Å². The van der Waals surface area contributed by atoms with Crippen LogP contribution in [-0.4, -0.2) is 65.7 Å². The highest BCUT2D eigenvalue weighted by Crippen LogP contribution is 2.35. The number of hydrogen-bond acceptors (Lipinski definition) is 6. The van der Waals surface area contributed by atoms with Crippen molar-refractivity contribution in [1.29, 1.82) is 0 Å². The van der Waals surface area contributed by atoms with Gasteiger partial charge in [0, 0.05) is 31.4 Å². The molecular weight excluding hydrogens is 624 g/mol. The Balaban J connectivity index is 1.01. The monoisotopic (exact) mass is 670 g/mol. The summed E-state index contributed by atoms with van der Waals surface area (Å²) >= 11 is 0. The maximum absolute atomic E-state index is 13.8. The largest absolute Gasteiger partial charge is 0.372 e. The number of amides is 2. The Morgan fingerprint density at radius 2 is 1.20 bits per heavy atom. The molecule has 3 atom stereocenters. The lowest BCUT2D eigenvalue weighted by atomic mass is 10.0. The van der Waals surface area contributed by atoms with E-state index in [4.69, 9.17) is 4.98 Å². The molecule has 2 aromatic carbocycles. The lowest BCUT2D eigenvalue weighted by molar-refractivity contribution is -0.135. The van der Waals surface area contributed by atoms with E-state index < -0.39 is 0 Å². The van der Waals surface area contributed by atoms with Crippen LogP contribution in [0.4, 0.5) is 5.69 Å². The molecule has 10 heteroatoms. The van der Waals surface area contributed by atoms with Crippen molar-refractivity contribution < 1.29 is 9.59 Å². The molecule has 2 aliphatic rings. The topological polar surface area (TPSA) is 123 Å². The number of hydrogen-bond donors (Lipinski definition) is 3. The van der Waals surface area contributed by atoms with E-state index in [1.165, 1.54) is 0 Å². The third-order valence-electron chi connectivity index (χ3n) is 10.0. The number of benzene rings is 2. The van der Waals surface area contributed by atoms with Crippen molar-refractivity contribution in [1.82, 2.24) is 34.7 Å².